The van der Waals surface area contributed by atoms with E-state index < -0.39 is 0 Å². The minimum Gasteiger partial charge on any atom is -0.345 e. The van der Waals surface area contributed by atoms with Gasteiger partial charge in [-0.25, -0.2) is 0 Å². The van der Waals surface area contributed by atoms with E-state index in [2.05, 4.69) is 66.6 Å². The van der Waals surface area contributed by atoms with Crippen molar-refractivity contribution < 1.29 is 0 Å². The van der Waals surface area contributed by atoms with E-state index in [-0.39, 0.29) is 0 Å². The van der Waals surface area contributed by atoms with Gasteiger partial charge >= 0.3 is 0 Å². The molecule has 0 saturated carbocycles. The Morgan fingerprint density at radius 1 is 1.00 bits per heavy atom. The fourth-order valence-corrected chi connectivity index (χ4v) is 1.98. The normalized spacial score (nSPS) is 10.4. The lowest BCUT2D eigenvalue weighted by molar-refractivity contribution is 1.15. The monoisotopic (exact) mass is 261 g/mol. The maximum absolute atomic E-state index is 4.06. The third kappa shape index (κ3) is 3.27. The largest absolute Gasteiger partial charge is 0.345 e. The molecular weight excluding hydrogens is 242 g/mol. The van der Waals surface area contributed by atoms with Crippen LogP contribution in [0.15, 0.2) is 91.7 Å². The lowest BCUT2D eigenvalue weighted by atomic mass is 10.0. The van der Waals surface area contributed by atoms with Crippen LogP contribution < -0.4 is 4.90 Å². The van der Waals surface area contributed by atoms with Crippen molar-refractivity contribution in [1.29, 1.82) is 0 Å². The van der Waals surface area contributed by atoms with E-state index in [1.165, 1.54) is 11.1 Å². The second-order valence-electron chi connectivity index (χ2n) is 4.56. The highest BCUT2D eigenvalue weighted by atomic mass is 15.1. The minimum absolute atomic E-state index is 0.926. The van der Waals surface area contributed by atoms with Gasteiger partial charge in [0, 0.05) is 18.4 Å². The predicted octanol–water partition coefficient (Wildman–Crippen LogP) is 5.05. The molecule has 0 N–H and O–H groups in total. The summed E-state index contributed by atoms with van der Waals surface area (Å²) in [6.45, 7) is 7.73. The Kier molecular flexibility index (Phi) is 4.56. The summed E-state index contributed by atoms with van der Waals surface area (Å²) in [4.78, 5) is 2.06. The quantitative estimate of drug-likeness (QED) is 0.681. The van der Waals surface area contributed by atoms with Crippen molar-refractivity contribution in [2.24, 2.45) is 0 Å². The molecule has 0 fully saturated rings. The first kappa shape index (κ1) is 13.9. The van der Waals surface area contributed by atoms with E-state index in [1.807, 2.05) is 25.3 Å². The standard InChI is InChI=1S/C19H19N/c1-4-5-10-16(2)20(3)19-14-9-13-18(15-19)17-11-7-6-8-12-17/h4-15H,1-2H2,3H3/b10-5-. The molecule has 0 heterocycles. The molecule has 100 valence electrons. The number of hydrogen-bond donors (Lipinski definition) is 0. The van der Waals surface area contributed by atoms with Crippen molar-refractivity contribution in [2.45, 2.75) is 0 Å². The van der Waals surface area contributed by atoms with Crippen LogP contribution in [0.4, 0.5) is 5.69 Å². The summed E-state index contributed by atoms with van der Waals surface area (Å²) in [5.74, 6) is 0. The van der Waals surface area contributed by atoms with Crippen LogP contribution in [0.25, 0.3) is 11.1 Å². The zero-order valence-corrected chi connectivity index (χ0v) is 11.8. The van der Waals surface area contributed by atoms with E-state index in [0.29, 0.717) is 0 Å². The third-order valence-corrected chi connectivity index (χ3v) is 3.20. The average molecular weight is 261 g/mol. The molecule has 2 aromatic rings. The molecule has 0 spiro atoms. The fourth-order valence-electron chi connectivity index (χ4n) is 1.98. The van der Waals surface area contributed by atoms with Gasteiger partial charge < -0.3 is 4.90 Å². The molecular formula is C19H19N. The SMILES string of the molecule is C=C/C=C\C(=C)N(C)c1cccc(-c2ccccc2)c1. The van der Waals surface area contributed by atoms with E-state index in [4.69, 9.17) is 0 Å². The van der Waals surface area contributed by atoms with E-state index >= 15 is 0 Å². The summed E-state index contributed by atoms with van der Waals surface area (Å²) < 4.78 is 0. The number of likely N-dealkylation sites (N-methyl/N-ethyl adjacent to an activating group) is 1. The summed E-state index contributed by atoms with van der Waals surface area (Å²) in [5, 5.41) is 0. The molecule has 2 rings (SSSR count). The molecule has 2 aromatic carbocycles. The molecule has 0 unspecified atom stereocenters. The summed E-state index contributed by atoms with van der Waals surface area (Å²) in [5.41, 5.74) is 4.46. The topological polar surface area (TPSA) is 3.24 Å². The van der Waals surface area contributed by atoms with E-state index in [0.717, 1.165) is 11.4 Å². The van der Waals surface area contributed by atoms with E-state index in [1.54, 1.807) is 6.08 Å². The van der Waals surface area contributed by atoms with Crippen LogP contribution in [0.2, 0.25) is 0 Å². The highest BCUT2D eigenvalue weighted by Gasteiger charge is 2.04. The second kappa shape index (κ2) is 6.58. The van der Waals surface area contributed by atoms with Gasteiger partial charge in [0.15, 0.2) is 0 Å². The summed E-state index contributed by atoms with van der Waals surface area (Å²) in [7, 11) is 2.01. The van der Waals surface area contributed by atoms with Gasteiger partial charge in [0.2, 0.25) is 0 Å². The average Bonchev–Trinajstić information content (AvgIpc) is 2.53. The zero-order valence-electron chi connectivity index (χ0n) is 11.8. The van der Waals surface area contributed by atoms with Gasteiger partial charge in [0.05, 0.1) is 0 Å². The molecule has 0 aromatic heterocycles. The first-order valence-electron chi connectivity index (χ1n) is 6.59. The molecule has 0 atom stereocenters. The van der Waals surface area contributed by atoms with Crippen molar-refractivity contribution in [2.75, 3.05) is 11.9 Å². The Morgan fingerprint density at radius 2 is 1.70 bits per heavy atom. The molecule has 0 amide bonds. The van der Waals surface area contributed by atoms with E-state index in [9.17, 15) is 0 Å². The van der Waals surface area contributed by atoms with Gasteiger partial charge in [-0.1, -0.05) is 67.8 Å². The number of nitrogens with zero attached hydrogens (tertiary/aromatic N) is 1. The van der Waals surface area contributed by atoms with Crippen LogP contribution in [0.3, 0.4) is 0 Å². The fraction of sp³-hybridized carbons (Fsp3) is 0.0526. The molecule has 0 bridgehead atoms. The van der Waals surface area contributed by atoms with Gasteiger partial charge in [0.1, 0.15) is 0 Å². The van der Waals surface area contributed by atoms with Crippen LogP contribution in [0, 0.1) is 0 Å². The smallest absolute Gasteiger partial charge is 0.0414 e. The minimum atomic E-state index is 0.926. The lowest BCUT2D eigenvalue weighted by Crippen LogP contribution is -2.13. The van der Waals surface area contributed by atoms with Crippen molar-refractivity contribution in [3.63, 3.8) is 0 Å². The Morgan fingerprint density at radius 3 is 2.40 bits per heavy atom. The van der Waals surface area contributed by atoms with Crippen molar-refractivity contribution in [1.82, 2.24) is 0 Å². The molecule has 0 aliphatic carbocycles. The van der Waals surface area contributed by atoms with Gasteiger partial charge in [-0.15, -0.1) is 0 Å². The van der Waals surface area contributed by atoms with Crippen LogP contribution in [0.1, 0.15) is 0 Å². The Labute approximate surface area is 121 Å². The number of benzene rings is 2. The molecule has 0 aliphatic rings. The molecule has 1 nitrogen and oxygen atoms in total. The van der Waals surface area contributed by atoms with Crippen molar-refractivity contribution in [3.05, 3.63) is 91.7 Å². The van der Waals surface area contributed by atoms with Gasteiger partial charge in [-0.05, 0) is 29.3 Å². The molecule has 20 heavy (non-hydrogen) atoms. The summed E-state index contributed by atoms with van der Waals surface area (Å²) in [6, 6.07) is 18.8. The molecule has 0 aliphatic heterocycles. The Hall–Kier alpha value is -2.54. The van der Waals surface area contributed by atoms with Gasteiger partial charge in [-0.2, -0.15) is 0 Å². The molecule has 0 radical (unpaired) electrons. The zero-order chi connectivity index (χ0) is 14.4. The first-order chi connectivity index (χ1) is 9.72. The number of hydrogen-bond acceptors (Lipinski definition) is 1. The Balaban J connectivity index is 2.28. The summed E-state index contributed by atoms with van der Waals surface area (Å²) >= 11 is 0. The van der Waals surface area contributed by atoms with Crippen LogP contribution in [-0.4, -0.2) is 7.05 Å². The number of anilines is 1. The number of allylic oxidation sites excluding steroid dienone is 3. The van der Waals surface area contributed by atoms with Crippen molar-refractivity contribution in [3.8, 4) is 11.1 Å². The predicted molar refractivity (Wildman–Crippen MR) is 88.8 cm³/mol. The van der Waals surface area contributed by atoms with Crippen LogP contribution in [-0.2, 0) is 0 Å². The third-order valence-electron chi connectivity index (χ3n) is 3.20. The van der Waals surface area contributed by atoms with Crippen molar-refractivity contribution >= 4 is 5.69 Å². The highest BCUT2D eigenvalue weighted by molar-refractivity contribution is 5.69. The molecule has 0 saturated heterocycles. The number of rotatable bonds is 5. The molecule has 1 heteroatoms. The van der Waals surface area contributed by atoms with Crippen LogP contribution >= 0.6 is 0 Å². The first-order valence-corrected chi connectivity index (χ1v) is 6.59. The highest BCUT2D eigenvalue weighted by Crippen LogP contribution is 2.25. The maximum Gasteiger partial charge on any atom is 0.0414 e. The lowest BCUT2D eigenvalue weighted by Gasteiger charge is -2.20. The second-order valence-corrected chi connectivity index (χ2v) is 4.56. The van der Waals surface area contributed by atoms with Gasteiger partial charge in [-0.3, -0.25) is 0 Å². The van der Waals surface area contributed by atoms with Gasteiger partial charge in [0.25, 0.3) is 0 Å². The Bertz CT molecular complexity index is 623. The van der Waals surface area contributed by atoms with Crippen LogP contribution in [0.5, 0.6) is 0 Å². The maximum atomic E-state index is 4.06. The summed E-state index contributed by atoms with van der Waals surface area (Å²) in [6.07, 6.45) is 5.58.